The molecule has 0 saturated carbocycles. The summed E-state index contributed by atoms with van der Waals surface area (Å²) in [7, 11) is 0. The van der Waals surface area contributed by atoms with Crippen LogP contribution in [0.2, 0.25) is 0 Å². The molecule has 2 aromatic heterocycles. The number of carbonyl (C=O) groups excluding carboxylic acids is 1. The number of thiophene rings is 1. The minimum atomic E-state index is -0.958. The van der Waals surface area contributed by atoms with Crippen LogP contribution in [0.1, 0.15) is 37.7 Å². The minimum absolute atomic E-state index is 0.0478. The highest BCUT2D eigenvalue weighted by molar-refractivity contribution is 7.22. The average Bonchev–Trinajstić information content (AvgIpc) is 3.18. The summed E-state index contributed by atoms with van der Waals surface area (Å²) in [5, 5.41) is 21.9. The lowest BCUT2D eigenvalue weighted by Gasteiger charge is -2.42. The number of hydrogen-bond acceptors (Lipinski definition) is 6. The number of carbonyl (C=O) groups is 2. The molecule has 1 aliphatic rings. The molecule has 0 bridgehead atoms. The molecule has 2 amide bonds. The summed E-state index contributed by atoms with van der Waals surface area (Å²) in [6, 6.07) is 7.83. The lowest BCUT2D eigenvalue weighted by atomic mass is 9.75. The van der Waals surface area contributed by atoms with Gasteiger partial charge in [0.15, 0.2) is 11.5 Å². The third kappa shape index (κ3) is 4.75. The van der Waals surface area contributed by atoms with Crippen molar-refractivity contribution in [3.63, 3.8) is 0 Å². The molecular formula is C23H26FN5O3S. The van der Waals surface area contributed by atoms with E-state index in [4.69, 9.17) is 5.73 Å². The van der Waals surface area contributed by atoms with E-state index in [1.807, 2.05) is 6.07 Å². The summed E-state index contributed by atoms with van der Waals surface area (Å²) < 4.78 is 14.3. The van der Waals surface area contributed by atoms with E-state index < -0.39 is 12.0 Å². The van der Waals surface area contributed by atoms with Crippen molar-refractivity contribution in [3.05, 3.63) is 41.8 Å². The van der Waals surface area contributed by atoms with Crippen molar-refractivity contribution in [2.45, 2.75) is 33.2 Å². The Bertz CT molecular complexity index is 1220. The zero-order valence-electron chi connectivity index (χ0n) is 18.6. The first-order valence-corrected chi connectivity index (χ1v) is 11.4. The highest BCUT2D eigenvalue weighted by Crippen LogP contribution is 2.39. The number of hydrogen-bond donors (Lipinski definition) is 3. The van der Waals surface area contributed by atoms with Gasteiger partial charge in [0.1, 0.15) is 5.82 Å². The van der Waals surface area contributed by atoms with E-state index in [1.54, 1.807) is 12.1 Å². The molecule has 8 nitrogen and oxygen atoms in total. The van der Waals surface area contributed by atoms with Gasteiger partial charge in [-0.1, -0.05) is 32.9 Å². The maximum atomic E-state index is 13.8. The van der Waals surface area contributed by atoms with Gasteiger partial charge in [0, 0.05) is 29.4 Å². The molecule has 3 aromatic rings. The van der Waals surface area contributed by atoms with Crippen molar-refractivity contribution in [2.24, 2.45) is 17.1 Å². The van der Waals surface area contributed by atoms with Crippen LogP contribution >= 0.6 is 11.3 Å². The first-order chi connectivity index (χ1) is 15.5. The van der Waals surface area contributed by atoms with E-state index in [2.05, 4.69) is 36.3 Å². The van der Waals surface area contributed by atoms with E-state index in [-0.39, 0.29) is 28.9 Å². The molecule has 4 N–H and O–H groups in total. The average molecular weight is 472 g/mol. The lowest BCUT2D eigenvalue weighted by molar-refractivity contribution is 0.0806. The van der Waals surface area contributed by atoms with Crippen molar-refractivity contribution < 1.29 is 19.1 Å². The Balaban J connectivity index is 1.73. The maximum Gasteiger partial charge on any atom is 0.407 e. The summed E-state index contributed by atoms with van der Waals surface area (Å²) in [5.41, 5.74) is 6.16. The zero-order valence-corrected chi connectivity index (χ0v) is 19.4. The zero-order chi connectivity index (χ0) is 23.9. The summed E-state index contributed by atoms with van der Waals surface area (Å²) in [6.07, 6.45) is -0.200. The Kier molecular flexibility index (Phi) is 5.96. The Morgan fingerprint density at radius 1 is 1.24 bits per heavy atom. The number of primary amides is 1. The van der Waals surface area contributed by atoms with Crippen LogP contribution in [-0.4, -0.2) is 51.3 Å². The van der Waals surface area contributed by atoms with Crippen molar-refractivity contribution in [1.82, 2.24) is 15.1 Å². The van der Waals surface area contributed by atoms with Crippen LogP contribution < -0.4 is 11.1 Å². The fourth-order valence-corrected chi connectivity index (χ4v) is 5.32. The van der Waals surface area contributed by atoms with Crippen LogP contribution in [-0.2, 0) is 0 Å². The lowest BCUT2D eigenvalue weighted by Crippen LogP contribution is -2.51. The number of carboxylic acid groups (broad SMARTS) is 1. The fraction of sp³-hybridized carbons (Fsp3) is 0.391. The Morgan fingerprint density at radius 2 is 2.00 bits per heavy atom. The quantitative estimate of drug-likeness (QED) is 0.518. The van der Waals surface area contributed by atoms with Gasteiger partial charge in [-0.05, 0) is 41.5 Å². The summed E-state index contributed by atoms with van der Waals surface area (Å²) in [4.78, 5) is 25.9. The molecule has 2 atom stereocenters. The number of aromatic nitrogens is 2. The molecule has 0 radical (unpaired) electrons. The van der Waals surface area contributed by atoms with Gasteiger partial charge in [-0.25, -0.2) is 9.18 Å². The van der Waals surface area contributed by atoms with Gasteiger partial charge in [0.05, 0.1) is 4.70 Å². The third-order valence-corrected chi connectivity index (χ3v) is 7.27. The van der Waals surface area contributed by atoms with Gasteiger partial charge in [-0.2, -0.15) is 0 Å². The van der Waals surface area contributed by atoms with Gasteiger partial charge in [0.2, 0.25) is 0 Å². The number of nitrogens with zero attached hydrogens (tertiary/aromatic N) is 3. The van der Waals surface area contributed by atoms with Crippen LogP contribution in [0.25, 0.3) is 20.5 Å². The Hall–Kier alpha value is -3.27. The number of likely N-dealkylation sites (tertiary alicyclic amines) is 1. The third-order valence-electron chi connectivity index (χ3n) is 6.08. The maximum absolute atomic E-state index is 13.8. The molecule has 174 valence electrons. The fourth-order valence-electron chi connectivity index (χ4n) is 4.17. The Morgan fingerprint density at radius 3 is 2.64 bits per heavy atom. The van der Waals surface area contributed by atoms with Crippen LogP contribution in [0.5, 0.6) is 0 Å². The standard InChI is InChI=1S/C23H26FN5O3S/c1-23(2,3)13-8-15(11-29(10-13)22(31)32)26-21-16-9-17(12-5-4-6-14(24)7-12)33-19(16)18(20(25)30)27-28-21/h4-7,9,13,15H,8,10-11H2,1-3H3,(H2,25,30)(H,26,28)(H,31,32). The second-order valence-corrected chi connectivity index (χ2v) is 10.5. The first kappa shape index (κ1) is 22.9. The number of nitrogens with one attached hydrogen (secondary N) is 1. The molecule has 10 heteroatoms. The normalized spacial score (nSPS) is 19.0. The second kappa shape index (κ2) is 8.58. The highest BCUT2D eigenvalue weighted by atomic mass is 32.1. The highest BCUT2D eigenvalue weighted by Gasteiger charge is 2.36. The smallest absolute Gasteiger partial charge is 0.407 e. The molecule has 4 rings (SSSR count). The monoisotopic (exact) mass is 471 g/mol. The summed E-state index contributed by atoms with van der Waals surface area (Å²) in [5.74, 6) is -0.467. The predicted octanol–water partition coefficient (Wildman–Crippen LogP) is 4.42. The van der Waals surface area contributed by atoms with E-state index in [0.29, 0.717) is 34.6 Å². The summed E-state index contributed by atoms with van der Waals surface area (Å²) in [6.45, 7) is 7.09. The number of amides is 2. The van der Waals surface area contributed by atoms with Crippen molar-refractivity contribution in [1.29, 1.82) is 0 Å². The number of anilines is 1. The number of halogens is 1. The van der Waals surface area contributed by atoms with Gasteiger partial charge >= 0.3 is 6.09 Å². The minimum Gasteiger partial charge on any atom is -0.465 e. The van der Waals surface area contributed by atoms with Crippen LogP contribution in [0, 0.1) is 17.2 Å². The van der Waals surface area contributed by atoms with Crippen LogP contribution in [0.3, 0.4) is 0 Å². The van der Waals surface area contributed by atoms with E-state index in [1.165, 1.54) is 28.4 Å². The van der Waals surface area contributed by atoms with E-state index in [0.717, 1.165) is 11.3 Å². The van der Waals surface area contributed by atoms with Gasteiger partial charge < -0.3 is 21.1 Å². The first-order valence-electron chi connectivity index (χ1n) is 10.6. The Labute approximate surface area is 194 Å². The number of piperidine rings is 1. The summed E-state index contributed by atoms with van der Waals surface area (Å²) >= 11 is 1.29. The van der Waals surface area contributed by atoms with Crippen LogP contribution in [0.15, 0.2) is 30.3 Å². The molecule has 1 aromatic carbocycles. The molecule has 1 aliphatic heterocycles. The van der Waals surface area contributed by atoms with Gasteiger partial charge in [0.25, 0.3) is 5.91 Å². The molecule has 3 heterocycles. The van der Waals surface area contributed by atoms with Gasteiger partial charge in [-0.3, -0.25) is 4.79 Å². The molecule has 1 fully saturated rings. The van der Waals surface area contributed by atoms with Crippen LogP contribution in [0.4, 0.5) is 15.0 Å². The van der Waals surface area contributed by atoms with Crippen molar-refractivity contribution >= 4 is 39.2 Å². The number of nitrogens with two attached hydrogens (primary N) is 1. The number of benzene rings is 1. The molecule has 33 heavy (non-hydrogen) atoms. The topological polar surface area (TPSA) is 121 Å². The number of fused-ring (bicyclic) bond motifs is 1. The van der Waals surface area contributed by atoms with Crippen molar-refractivity contribution in [3.8, 4) is 10.4 Å². The second-order valence-electron chi connectivity index (χ2n) is 9.45. The SMILES string of the molecule is CC(C)(C)C1CC(Nc2nnc(C(N)=O)c3sc(-c4cccc(F)c4)cc23)CN(C(=O)O)C1. The van der Waals surface area contributed by atoms with E-state index >= 15 is 0 Å². The van der Waals surface area contributed by atoms with E-state index in [9.17, 15) is 19.1 Å². The predicted molar refractivity (Wildman–Crippen MR) is 126 cm³/mol. The molecule has 0 aliphatic carbocycles. The molecule has 1 saturated heterocycles. The van der Waals surface area contributed by atoms with Crippen molar-refractivity contribution in [2.75, 3.05) is 18.4 Å². The largest absolute Gasteiger partial charge is 0.465 e. The van der Waals surface area contributed by atoms with Gasteiger partial charge in [-0.15, -0.1) is 21.5 Å². The molecule has 2 unspecified atom stereocenters. The molecule has 0 spiro atoms. The molecular weight excluding hydrogens is 445 g/mol. The number of rotatable bonds is 4.